The Hall–Kier alpha value is -0.120. The Morgan fingerprint density at radius 3 is 2.71 bits per heavy atom. The zero-order chi connectivity index (χ0) is 10.6. The summed E-state index contributed by atoms with van der Waals surface area (Å²) in [5, 5.41) is 9.17. The van der Waals surface area contributed by atoms with Crippen LogP contribution in [0.2, 0.25) is 0 Å². The summed E-state index contributed by atoms with van der Waals surface area (Å²) >= 11 is 0. The van der Waals surface area contributed by atoms with E-state index in [2.05, 4.69) is 0 Å². The molecule has 0 aromatic heterocycles. The molecule has 1 rings (SSSR count). The van der Waals surface area contributed by atoms with E-state index in [4.69, 9.17) is 9.47 Å². The Kier molecular flexibility index (Phi) is 4.35. The lowest BCUT2D eigenvalue weighted by Crippen LogP contribution is -2.37. The second-order valence-corrected chi connectivity index (χ2v) is 4.72. The van der Waals surface area contributed by atoms with Gasteiger partial charge >= 0.3 is 0 Å². The molecule has 1 aliphatic rings. The molecule has 0 saturated carbocycles. The van der Waals surface area contributed by atoms with E-state index in [9.17, 15) is 5.11 Å². The fourth-order valence-electron chi connectivity index (χ4n) is 1.36. The van der Waals surface area contributed by atoms with Gasteiger partial charge in [-0.2, -0.15) is 0 Å². The zero-order valence-electron chi connectivity index (χ0n) is 9.45. The largest absolute Gasteiger partial charge is 0.396 e. The highest BCUT2D eigenvalue weighted by Crippen LogP contribution is 2.25. The van der Waals surface area contributed by atoms with E-state index in [0.717, 1.165) is 19.4 Å². The molecule has 2 atom stereocenters. The van der Waals surface area contributed by atoms with Crippen molar-refractivity contribution in [3.8, 4) is 0 Å². The molecular weight excluding hydrogens is 180 g/mol. The summed E-state index contributed by atoms with van der Waals surface area (Å²) in [6.07, 6.45) is 3.25. The lowest BCUT2D eigenvalue weighted by atomic mass is 9.88. The van der Waals surface area contributed by atoms with Crippen molar-refractivity contribution in [2.24, 2.45) is 5.41 Å². The Bertz CT molecular complexity index is 162. The molecule has 0 aromatic rings. The van der Waals surface area contributed by atoms with Crippen LogP contribution in [0.3, 0.4) is 0 Å². The Morgan fingerprint density at radius 2 is 2.21 bits per heavy atom. The van der Waals surface area contributed by atoms with Gasteiger partial charge in [0, 0.05) is 12.0 Å². The Labute approximate surface area is 86.4 Å². The standard InChI is InChI=1S/C11H22O3/c1-9(11(2,3)8-12)14-10-6-4-5-7-13-10/h9-10,12H,4-8H2,1-3H3/t9-,10+/m1/s1. The van der Waals surface area contributed by atoms with Crippen LogP contribution in [0.5, 0.6) is 0 Å². The lowest BCUT2D eigenvalue weighted by Gasteiger charge is -2.34. The van der Waals surface area contributed by atoms with Crippen molar-refractivity contribution in [1.29, 1.82) is 0 Å². The third-order valence-electron chi connectivity index (χ3n) is 3.00. The number of ether oxygens (including phenoxy) is 2. The van der Waals surface area contributed by atoms with Gasteiger partial charge in [0.25, 0.3) is 0 Å². The summed E-state index contributed by atoms with van der Waals surface area (Å²) in [5.74, 6) is 0. The number of aliphatic hydroxyl groups is 1. The van der Waals surface area contributed by atoms with Gasteiger partial charge in [-0.1, -0.05) is 13.8 Å². The lowest BCUT2D eigenvalue weighted by molar-refractivity contribution is -0.207. The van der Waals surface area contributed by atoms with Crippen molar-refractivity contribution in [2.75, 3.05) is 13.2 Å². The molecule has 1 aliphatic heterocycles. The molecule has 3 heteroatoms. The fraction of sp³-hybridized carbons (Fsp3) is 1.00. The third kappa shape index (κ3) is 3.23. The molecule has 0 radical (unpaired) electrons. The minimum atomic E-state index is -0.194. The van der Waals surface area contributed by atoms with Gasteiger partial charge in [0.2, 0.25) is 0 Å². The zero-order valence-corrected chi connectivity index (χ0v) is 9.45. The minimum absolute atomic E-state index is 0.0237. The summed E-state index contributed by atoms with van der Waals surface area (Å²) in [6, 6.07) is 0. The van der Waals surface area contributed by atoms with E-state index in [1.807, 2.05) is 20.8 Å². The second-order valence-electron chi connectivity index (χ2n) is 4.72. The van der Waals surface area contributed by atoms with Crippen molar-refractivity contribution in [3.63, 3.8) is 0 Å². The summed E-state index contributed by atoms with van der Waals surface area (Å²) in [4.78, 5) is 0. The molecule has 0 aliphatic carbocycles. The summed E-state index contributed by atoms with van der Waals surface area (Å²) in [7, 11) is 0. The van der Waals surface area contributed by atoms with Gasteiger partial charge in [-0.3, -0.25) is 0 Å². The molecule has 0 unspecified atom stereocenters. The molecule has 0 spiro atoms. The molecule has 1 N–H and O–H groups in total. The minimum Gasteiger partial charge on any atom is -0.396 e. The van der Waals surface area contributed by atoms with Gasteiger partial charge in [0.15, 0.2) is 6.29 Å². The van der Waals surface area contributed by atoms with Gasteiger partial charge in [0.05, 0.1) is 12.7 Å². The van der Waals surface area contributed by atoms with Crippen LogP contribution in [-0.4, -0.2) is 30.7 Å². The van der Waals surface area contributed by atoms with Crippen molar-refractivity contribution in [3.05, 3.63) is 0 Å². The molecule has 1 fully saturated rings. The highest BCUT2D eigenvalue weighted by atomic mass is 16.7. The Balaban J connectivity index is 2.34. The second kappa shape index (κ2) is 5.10. The van der Waals surface area contributed by atoms with Crippen molar-refractivity contribution in [1.82, 2.24) is 0 Å². The van der Waals surface area contributed by atoms with Crippen LogP contribution in [0, 0.1) is 5.41 Å². The highest BCUT2D eigenvalue weighted by molar-refractivity contribution is 4.75. The highest BCUT2D eigenvalue weighted by Gasteiger charge is 2.29. The smallest absolute Gasteiger partial charge is 0.157 e. The van der Waals surface area contributed by atoms with Crippen molar-refractivity contribution < 1.29 is 14.6 Å². The topological polar surface area (TPSA) is 38.7 Å². The molecule has 1 saturated heterocycles. The van der Waals surface area contributed by atoms with Crippen LogP contribution in [-0.2, 0) is 9.47 Å². The molecule has 3 nitrogen and oxygen atoms in total. The molecule has 0 bridgehead atoms. The molecule has 0 amide bonds. The van der Waals surface area contributed by atoms with E-state index in [1.54, 1.807) is 0 Å². The van der Waals surface area contributed by atoms with Crippen LogP contribution in [0.1, 0.15) is 40.0 Å². The van der Waals surface area contributed by atoms with E-state index in [0.29, 0.717) is 0 Å². The first-order valence-electron chi connectivity index (χ1n) is 5.44. The van der Waals surface area contributed by atoms with Gasteiger partial charge in [-0.05, 0) is 26.2 Å². The first-order valence-corrected chi connectivity index (χ1v) is 5.44. The van der Waals surface area contributed by atoms with Crippen LogP contribution >= 0.6 is 0 Å². The van der Waals surface area contributed by atoms with Gasteiger partial charge in [-0.25, -0.2) is 0 Å². The maximum atomic E-state index is 9.17. The normalized spacial score (nSPS) is 26.1. The maximum Gasteiger partial charge on any atom is 0.157 e. The molecule has 0 aromatic carbocycles. The van der Waals surface area contributed by atoms with E-state index in [-0.39, 0.29) is 24.4 Å². The first-order chi connectivity index (χ1) is 6.56. The van der Waals surface area contributed by atoms with Crippen molar-refractivity contribution >= 4 is 0 Å². The third-order valence-corrected chi connectivity index (χ3v) is 3.00. The van der Waals surface area contributed by atoms with E-state index >= 15 is 0 Å². The van der Waals surface area contributed by atoms with Gasteiger partial charge < -0.3 is 14.6 Å². The van der Waals surface area contributed by atoms with Crippen LogP contribution < -0.4 is 0 Å². The number of hydrogen-bond acceptors (Lipinski definition) is 3. The summed E-state index contributed by atoms with van der Waals surface area (Å²) in [5.41, 5.74) is -0.194. The van der Waals surface area contributed by atoms with E-state index in [1.165, 1.54) is 6.42 Å². The maximum absolute atomic E-state index is 9.17. The van der Waals surface area contributed by atoms with Gasteiger partial charge in [0.1, 0.15) is 0 Å². The molecule has 84 valence electrons. The summed E-state index contributed by atoms with van der Waals surface area (Å²) in [6.45, 7) is 6.94. The monoisotopic (exact) mass is 202 g/mol. The average Bonchev–Trinajstić information content (AvgIpc) is 2.19. The van der Waals surface area contributed by atoms with Crippen LogP contribution in [0.15, 0.2) is 0 Å². The molecule has 1 heterocycles. The quantitative estimate of drug-likeness (QED) is 0.757. The fourth-order valence-corrected chi connectivity index (χ4v) is 1.36. The van der Waals surface area contributed by atoms with Crippen molar-refractivity contribution in [2.45, 2.75) is 52.4 Å². The predicted molar refractivity (Wildman–Crippen MR) is 55.0 cm³/mol. The van der Waals surface area contributed by atoms with Crippen LogP contribution in [0.4, 0.5) is 0 Å². The van der Waals surface area contributed by atoms with Crippen LogP contribution in [0.25, 0.3) is 0 Å². The number of hydrogen-bond donors (Lipinski definition) is 1. The molecular formula is C11H22O3. The number of rotatable bonds is 4. The summed E-state index contributed by atoms with van der Waals surface area (Å²) < 4.78 is 11.2. The molecule has 14 heavy (non-hydrogen) atoms. The van der Waals surface area contributed by atoms with E-state index < -0.39 is 0 Å². The Morgan fingerprint density at radius 1 is 1.50 bits per heavy atom. The SMILES string of the molecule is C[C@@H](O[C@H]1CCCCO1)C(C)(C)CO. The van der Waals surface area contributed by atoms with Gasteiger partial charge in [-0.15, -0.1) is 0 Å². The predicted octanol–water partition coefficient (Wildman–Crippen LogP) is 1.94. The first kappa shape index (κ1) is 12.0. The number of aliphatic hydroxyl groups excluding tert-OH is 1. The average molecular weight is 202 g/mol.